The molecular formula is C23H25ClN2. The van der Waals surface area contributed by atoms with Crippen molar-refractivity contribution in [3.8, 4) is 0 Å². The summed E-state index contributed by atoms with van der Waals surface area (Å²) in [6, 6.07) is 2.79. The summed E-state index contributed by atoms with van der Waals surface area (Å²) in [5, 5.41) is 2.29. The summed E-state index contributed by atoms with van der Waals surface area (Å²) in [4.78, 5) is 4.42. The second-order valence-electron chi connectivity index (χ2n) is 8.08. The Labute approximate surface area is 160 Å². The van der Waals surface area contributed by atoms with Gasteiger partial charge in [0.25, 0.3) is 0 Å². The smallest absolute Gasteiger partial charge is 0.0524 e. The van der Waals surface area contributed by atoms with E-state index in [1.807, 2.05) is 13.1 Å². The number of halogens is 1. The minimum Gasteiger partial charge on any atom is -0.336 e. The van der Waals surface area contributed by atoms with Gasteiger partial charge in [-0.2, -0.15) is 0 Å². The maximum Gasteiger partial charge on any atom is 0.0524 e. The summed E-state index contributed by atoms with van der Waals surface area (Å²) in [6.45, 7) is 1.99. The van der Waals surface area contributed by atoms with Crippen LogP contribution in [0.4, 0.5) is 0 Å². The Hall–Kier alpha value is -1.80. The molecule has 5 rings (SSSR count). The Morgan fingerprint density at radius 3 is 3.19 bits per heavy atom. The van der Waals surface area contributed by atoms with Crippen LogP contribution in [-0.2, 0) is 6.42 Å². The van der Waals surface area contributed by atoms with Crippen LogP contribution in [0, 0.1) is 11.8 Å². The Morgan fingerprint density at radius 2 is 2.31 bits per heavy atom. The number of allylic oxidation sites excluding steroid dienone is 6. The van der Waals surface area contributed by atoms with E-state index in [2.05, 4.69) is 46.1 Å². The van der Waals surface area contributed by atoms with Crippen LogP contribution in [0.2, 0.25) is 0 Å². The third-order valence-corrected chi connectivity index (χ3v) is 6.65. The number of fused-ring (bicyclic) bond motifs is 5. The van der Waals surface area contributed by atoms with Crippen LogP contribution in [0.5, 0.6) is 0 Å². The van der Waals surface area contributed by atoms with Crippen molar-refractivity contribution in [3.05, 3.63) is 59.1 Å². The Kier molecular flexibility index (Phi) is 4.04. The normalized spacial score (nSPS) is 27.7. The van der Waals surface area contributed by atoms with Gasteiger partial charge in [0.15, 0.2) is 0 Å². The minimum atomic E-state index is 0.571. The van der Waals surface area contributed by atoms with Crippen molar-refractivity contribution in [2.24, 2.45) is 11.8 Å². The largest absolute Gasteiger partial charge is 0.336 e. The molecule has 0 aromatic carbocycles. The molecule has 0 radical (unpaired) electrons. The molecule has 0 spiro atoms. The molecule has 2 aliphatic carbocycles. The minimum absolute atomic E-state index is 0.571. The van der Waals surface area contributed by atoms with E-state index in [9.17, 15) is 0 Å². The van der Waals surface area contributed by atoms with Crippen molar-refractivity contribution >= 4 is 28.1 Å². The van der Waals surface area contributed by atoms with Gasteiger partial charge in [0.05, 0.1) is 11.2 Å². The zero-order valence-electron chi connectivity index (χ0n) is 15.3. The number of aryl methyl sites for hydroxylation is 1. The quantitative estimate of drug-likeness (QED) is 0.600. The first-order valence-corrected chi connectivity index (χ1v) is 10.3. The van der Waals surface area contributed by atoms with Crippen LogP contribution in [0.25, 0.3) is 16.5 Å². The average molecular weight is 365 g/mol. The molecule has 2 nitrogen and oxygen atoms in total. The lowest BCUT2D eigenvalue weighted by Gasteiger charge is -2.36. The molecule has 0 bridgehead atoms. The number of nitrogens with zero attached hydrogens (tertiary/aromatic N) is 2. The van der Waals surface area contributed by atoms with Gasteiger partial charge in [0, 0.05) is 28.9 Å². The highest BCUT2D eigenvalue weighted by Crippen LogP contribution is 2.47. The molecule has 1 saturated carbocycles. The second kappa shape index (κ2) is 6.42. The number of hydrogen-bond donors (Lipinski definition) is 0. The molecule has 2 aromatic rings. The zero-order valence-corrected chi connectivity index (χ0v) is 16.0. The molecule has 1 aliphatic heterocycles. The Morgan fingerprint density at radius 1 is 1.38 bits per heavy atom. The third kappa shape index (κ3) is 2.58. The van der Waals surface area contributed by atoms with Crippen molar-refractivity contribution < 1.29 is 0 Å². The fourth-order valence-electron chi connectivity index (χ4n) is 5.33. The van der Waals surface area contributed by atoms with Gasteiger partial charge < -0.3 is 4.57 Å². The summed E-state index contributed by atoms with van der Waals surface area (Å²) in [7, 11) is 0. The lowest BCUT2D eigenvalue weighted by molar-refractivity contribution is 0.223. The first-order valence-electron chi connectivity index (χ1n) is 9.90. The molecule has 2 aromatic heterocycles. The standard InChI is InChI=1S/C23H25ClN2/c1-15(24)5-6-16-7-10-21-18(13-16)9-8-17-3-2-4-19-20-14-25-12-11-22(20)26(21)23(17)19/h3,5,8-9,11-12,14,16,18,21H,2,4,6-7,10,13H2,1H3. The molecule has 1 fully saturated rings. The maximum absolute atomic E-state index is 6.07. The predicted molar refractivity (Wildman–Crippen MR) is 109 cm³/mol. The van der Waals surface area contributed by atoms with Crippen LogP contribution in [0.1, 0.15) is 56.3 Å². The number of pyridine rings is 1. The van der Waals surface area contributed by atoms with Crippen LogP contribution in [0.15, 0.2) is 47.8 Å². The molecule has 0 N–H and O–H groups in total. The Balaban J connectivity index is 1.60. The third-order valence-electron chi connectivity index (χ3n) is 6.50. The number of hydrogen-bond acceptors (Lipinski definition) is 1. The lowest BCUT2D eigenvalue weighted by Crippen LogP contribution is -2.26. The van der Waals surface area contributed by atoms with Crippen molar-refractivity contribution in [2.45, 2.75) is 51.5 Å². The molecule has 134 valence electrons. The molecule has 3 heterocycles. The van der Waals surface area contributed by atoms with Crippen molar-refractivity contribution in [1.29, 1.82) is 0 Å². The summed E-state index contributed by atoms with van der Waals surface area (Å²) in [5.74, 6) is 1.36. The van der Waals surface area contributed by atoms with Gasteiger partial charge in [-0.05, 0) is 74.5 Å². The van der Waals surface area contributed by atoms with Crippen LogP contribution < -0.4 is 0 Å². The fourth-order valence-corrected chi connectivity index (χ4v) is 5.42. The first-order chi connectivity index (χ1) is 12.7. The molecule has 0 saturated heterocycles. The van der Waals surface area contributed by atoms with E-state index < -0.39 is 0 Å². The van der Waals surface area contributed by atoms with E-state index in [0.29, 0.717) is 12.0 Å². The average Bonchev–Trinajstić information content (AvgIpc) is 2.89. The fraction of sp³-hybridized carbons (Fsp3) is 0.435. The summed E-state index contributed by atoms with van der Waals surface area (Å²) < 4.78 is 2.67. The van der Waals surface area contributed by atoms with Gasteiger partial charge in [-0.25, -0.2) is 0 Å². The van der Waals surface area contributed by atoms with E-state index >= 15 is 0 Å². The van der Waals surface area contributed by atoms with Crippen molar-refractivity contribution in [3.63, 3.8) is 0 Å². The highest BCUT2D eigenvalue weighted by atomic mass is 35.5. The zero-order chi connectivity index (χ0) is 17.7. The van der Waals surface area contributed by atoms with Crippen LogP contribution in [-0.4, -0.2) is 9.55 Å². The van der Waals surface area contributed by atoms with Crippen LogP contribution in [0.3, 0.4) is 0 Å². The van der Waals surface area contributed by atoms with E-state index in [0.717, 1.165) is 30.2 Å². The Bertz CT molecular complexity index is 943. The molecule has 26 heavy (non-hydrogen) atoms. The van der Waals surface area contributed by atoms with Gasteiger partial charge in [0.1, 0.15) is 0 Å². The predicted octanol–water partition coefficient (Wildman–Crippen LogP) is 6.43. The molecular weight excluding hydrogens is 340 g/mol. The molecule has 3 heteroatoms. The highest BCUT2D eigenvalue weighted by molar-refractivity contribution is 6.29. The summed E-state index contributed by atoms with van der Waals surface area (Å²) in [5.41, 5.74) is 5.79. The topological polar surface area (TPSA) is 17.8 Å². The van der Waals surface area contributed by atoms with Gasteiger partial charge in [0.2, 0.25) is 0 Å². The van der Waals surface area contributed by atoms with Crippen molar-refractivity contribution in [2.75, 3.05) is 0 Å². The van der Waals surface area contributed by atoms with E-state index in [1.54, 1.807) is 0 Å². The molecule has 3 aliphatic rings. The van der Waals surface area contributed by atoms with Gasteiger partial charge in [-0.3, -0.25) is 4.98 Å². The summed E-state index contributed by atoms with van der Waals surface area (Å²) >= 11 is 6.07. The monoisotopic (exact) mass is 364 g/mol. The van der Waals surface area contributed by atoms with E-state index in [-0.39, 0.29) is 0 Å². The molecule has 3 unspecified atom stereocenters. The van der Waals surface area contributed by atoms with E-state index in [4.69, 9.17) is 11.6 Å². The SMILES string of the molecule is CC(Cl)=CCC1CCC2C(C=CC3=CCCc4c3n2c2ccncc42)C1. The van der Waals surface area contributed by atoms with Crippen LogP contribution >= 0.6 is 11.6 Å². The second-order valence-corrected chi connectivity index (χ2v) is 8.68. The lowest BCUT2D eigenvalue weighted by atomic mass is 9.76. The first kappa shape index (κ1) is 16.4. The van der Waals surface area contributed by atoms with E-state index in [1.165, 1.54) is 47.0 Å². The van der Waals surface area contributed by atoms with Crippen molar-refractivity contribution in [1.82, 2.24) is 9.55 Å². The maximum atomic E-state index is 6.07. The highest BCUT2D eigenvalue weighted by Gasteiger charge is 2.35. The van der Waals surface area contributed by atoms with Gasteiger partial charge in [-0.15, -0.1) is 0 Å². The number of rotatable bonds is 2. The molecule has 0 amide bonds. The molecule has 3 atom stereocenters. The van der Waals surface area contributed by atoms with Gasteiger partial charge >= 0.3 is 0 Å². The number of aromatic nitrogens is 2. The summed E-state index contributed by atoms with van der Waals surface area (Å²) in [6.07, 6.45) is 20.7. The van der Waals surface area contributed by atoms with Gasteiger partial charge in [-0.1, -0.05) is 35.9 Å².